The largest absolute Gasteiger partial charge is 0.445 e. The van der Waals surface area contributed by atoms with Gasteiger partial charge in [-0.25, -0.2) is 14.2 Å². The van der Waals surface area contributed by atoms with Crippen molar-refractivity contribution in [3.63, 3.8) is 0 Å². The summed E-state index contributed by atoms with van der Waals surface area (Å²) in [5, 5.41) is 2.79. The summed E-state index contributed by atoms with van der Waals surface area (Å²) < 4.78 is 18.5. The zero-order chi connectivity index (χ0) is 18.6. The summed E-state index contributed by atoms with van der Waals surface area (Å²) in [6.07, 6.45) is 0.163. The van der Waals surface area contributed by atoms with Crippen molar-refractivity contribution >= 4 is 17.1 Å². The van der Waals surface area contributed by atoms with E-state index < -0.39 is 6.09 Å². The Morgan fingerprint density at radius 3 is 2.77 bits per heavy atom. The zero-order valence-corrected chi connectivity index (χ0v) is 14.9. The fourth-order valence-electron chi connectivity index (χ4n) is 2.72. The van der Waals surface area contributed by atoms with E-state index in [1.807, 2.05) is 44.2 Å². The standard InChI is InChI=1S/C20H22FN3O2/c1-20(2,11-18-23-16-9-8-15(21)10-17(16)24-18)13-22-19(25)26-12-14-6-4-3-5-7-14/h3-10H,11-13H2,1-2H3,(H,22,25)(H,23,24). The van der Waals surface area contributed by atoms with E-state index in [0.29, 0.717) is 18.5 Å². The van der Waals surface area contributed by atoms with Crippen LogP contribution in [0, 0.1) is 11.2 Å². The van der Waals surface area contributed by atoms with Gasteiger partial charge in [0.25, 0.3) is 0 Å². The van der Waals surface area contributed by atoms with Crippen LogP contribution >= 0.6 is 0 Å². The van der Waals surface area contributed by atoms with Crippen molar-refractivity contribution in [1.29, 1.82) is 0 Å². The quantitative estimate of drug-likeness (QED) is 0.696. The molecule has 0 aliphatic rings. The molecule has 0 saturated carbocycles. The molecule has 0 fully saturated rings. The number of rotatable bonds is 6. The molecule has 5 nitrogen and oxygen atoms in total. The molecular weight excluding hydrogens is 333 g/mol. The van der Waals surface area contributed by atoms with Gasteiger partial charge in [-0.15, -0.1) is 0 Å². The maximum Gasteiger partial charge on any atom is 0.407 e. The van der Waals surface area contributed by atoms with Gasteiger partial charge in [0.1, 0.15) is 18.2 Å². The number of imidazole rings is 1. The van der Waals surface area contributed by atoms with E-state index in [0.717, 1.165) is 16.9 Å². The minimum atomic E-state index is -0.450. The molecule has 0 unspecified atom stereocenters. The number of nitrogens with one attached hydrogen (secondary N) is 2. The molecule has 0 radical (unpaired) electrons. The van der Waals surface area contributed by atoms with E-state index in [-0.39, 0.29) is 17.8 Å². The number of carbonyl (C=O) groups excluding carboxylic acids is 1. The molecule has 26 heavy (non-hydrogen) atoms. The van der Waals surface area contributed by atoms with Gasteiger partial charge in [-0.2, -0.15) is 0 Å². The van der Waals surface area contributed by atoms with E-state index in [4.69, 9.17) is 4.74 Å². The van der Waals surface area contributed by atoms with Gasteiger partial charge in [-0.3, -0.25) is 0 Å². The molecular formula is C20H22FN3O2. The van der Waals surface area contributed by atoms with Crippen LogP contribution in [0.25, 0.3) is 11.0 Å². The van der Waals surface area contributed by atoms with Gasteiger partial charge < -0.3 is 15.0 Å². The first-order chi connectivity index (χ1) is 12.4. The van der Waals surface area contributed by atoms with Crippen molar-refractivity contribution in [3.8, 4) is 0 Å². The molecule has 1 amide bonds. The van der Waals surface area contributed by atoms with E-state index in [1.54, 1.807) is 6.07 Å². The summed E-state index contributed by atoms with van der Waals surface area (Å²) in [4.78, 5) is 19.5. The minimum Gasteiger partial charge on any atom is -0.445 e. The highest BCUT2D eigenvalue weighted by atomic mass is 19.1. The lowest BCUT2D eigenvalue weighted by Gasteiger charge is -2.23. The lowest BCUT2D eigenvalue weighted by Crippen LogP contribution is -2.35. The van der Waals surface area contributed by atoms with Crippen LogP contribution in [0.15, 0.2) is 48.5 Å². The van der Waals surface area contributed by atoms with Gasteiger partial charge in [0, 0.05) is 19.0 Å². The predicted octanol–water partition coefficient (Wildman–Crippen LogP) is 4.20. The van der Waals surface area contributed by atoms with Gasteiger partial charge in [0.2, 0.25) is 0 Å². The lowest BCUT2D eigenvalue weighted by atomic mass is 9.89. The summed E-state index contributed by atoms with van der Waals surface area (Å²) in [6.45, 7) is 4.73. The van der Waals surface area contributed by atoms with Crippen molar-refractivity contribution in [2.75, 3.05) is 6.54 Å². The molecule has 0 aliphatic carbocycles. The van der Waals surface area contributed by atoms with E-state index in [2.05, 4.69) is 15.3 Å². The molecule has 1 heterocycles. The summed E-state index contributed by atoms with van der Waals surface area (Å²) in [6, 6.07) is 14.0. The highest BCUT2D eigenvalue weighted by Gasteiger charge is 2.22. The Balaban J connectivity index is 1.51. The predicted molar refractivity (Wildman–Crippen MR) is 98.2 cm³/mol. The third kappa shape index (κ3) is 4.81. The third-order valence-electron chi connectivity index (χ3n) is 4.06. The fraction of sp³-hybridized carbons (Fsp3) is 0.300. The average Bonchev–Trinajstić information content (AvgIpc) is 2.99. The van der Waals surface area contributed by atoms with Crippen molar-refractivity contribution in [2.45, 2.75) is 26.9 Å². The second kappa shape index (κ2) is 7.56. The van der Waals surface area contributed by atoms with Crippen molar-refractivity contribution in [2.24, 2.45) is 5.41 Å². The van der Waals surface area contributed by atoms with Gasteiger partial charge in [0.05, 0.1) is 11.0 Å². The monoisotopic (exact) mass is 355 g/mol. The smallest absolute Gasteiger partial charge is 0.407 e. The number of hydrogen-bond donors (Lipinski definition) is 2. The normalized spacial score (nSPS) is 11.5. The SMILES string of the molecule is CC(C)(CNC(=O)OCc1ccccc1)Cc1nc2cc(F)ccc2[nH]1. The van der Waals surface area contributed by atoms with Gasteiger partial charge in [-0.1, -0.05) is 44.2 Å². The number of fused-ring (bicyclic) bond motifs is 1. The Kier molecular flexibility index (Phi) is 5.21. The maximum absolute atomic E-state index is 13.3. The van der Waals surface area contributed by atoms with E-state index in [9.17, 15) is 9.18 Å². The molecule has 0 atom stereocenters. The Labute approximate surface area is 151 Å². The number of amides is 1. The molecule has 2 aromatic carbocycles. The highest BCUT2D eigenvalue weighted by Crippen LogP contribution is 2.22. The number of benzene rings is 2. The lowest BCUT2D eigenvalue weighted by molar-refractivity contribution is 0.135. The number of aromatic amines is 1. The van der Waals surface area contributed by atoms with Crippen molar-refractivity contribution in [1.82, 2.24) is 15.3 Å². The molecule has 3 aromatic rings. The Morgan fingerprint density at radius 2 is 2.00 bits per heavy atom. The van der Waals surface area contributed by atoms with Crippen LogP contribution in [0.2, 0.25) is 0 Å². The highest BCUT2D eigenvalue weighted by molar-refractivity contribution is 5.74. The molecule has 6 heteroatoms. The van der Waals surface area contributed by atoms with Crippen LogP contribution in [0.1, 0.15) is 25.2 Å². The first-order valence-electron chi connectivity index (χ1n) is 8.50. The van der Waals surface area contributed by atoms with Crippen LogP contribution in [0.5, 0.6) is 0 Å². The second-order valence-corrected chi connectivity index (χ2v) is 7.10. The van der Waals surface area contributed by atoms with Crippen LogP contribution in [0.4, 0.5) is 9.18 Å². The number of alkyl carbamates (subject to hydrolysis) is 1. The first kappa shape index (κ1) is 17.9. The average molecular weight is 355 g/mol. The molecule has 0 bridgehead atoms. The van der Waals surface area contributed by atoms with Gasteiger partial charge in [0.15, 0.2) is 0 Å². The Bertz CT molecular complexity index is 890. The zero-order valence-electron chi connectivity index (χ0n) is 14.9. The molecule has 136 valence electrons. The van der Waals surface area contributed by atoms with Crippen LogP contribution in [-0.4, -0.2) is 22.6 Å². The number of nitrogens with zero attached hydrogens (tertiary/aromatic N) is 1. The number of halogens is 1. The van der Waals surface area contributed by atoms with Crippen LogP contribution < -0.4 is 5.32 Å². The fourth-order valence-corrected chi connectivity index (χ4v) is 2.72. The Morgan fingerprint density at radius 1 is 1.23 bits per heavy atom. The van der Waals surface area contributed by atoms with Crippen molar-refractivity contribution < 1.29 is 13.9 Å². The molecule has 3 rings (SSSR count). The summed E-state index contributed by atoms with van der Waals surface area (Å²) in [7, 11) is 0. The van der Waals surface area contributed by atoms with Crippen LogP contribution in [-0.2, 0) is 17.8 Å². The maximum atomic E-state index is 13.3. The number of hydrogen-bond acceptors (Lipinski definition) is 3. The summed E-state index contributed by atoms with van der Waals surface area (Å²) >= 11 is 0. The molecule has 0 aliphatic heterocycles. The number of H-pyrrole nitrogens is 1. The number of aromatic nitrogens is 2. The van der Waals surface area contributed by atoms with Crippen LogP contribution in [0.3, 0.4) is 0 Å². The Hall–Kier alpha value is -2.89. The number of ether oxygens (including phenoxy) is 1. The van der Waals surface area contributed by atoms with Gasteiger partial charge in [-0.05, 0) is 23.1 Å². The van der Waals surface area contributed by atoms with Crippen molar-refractivity contribution in [3.05, 3.63) is 65.7 Å². The summed E-state index contributed by atoms with van der Waals surface area (Å²) in [5.41, 5.74) is 2.10. The minimum absolute atomic E-state index is 0.238. The number of carbonyl (C=O) groups is 1. The molecule has 2 N–H and O–H groups in total. The second-order valence-electron chi connectivity index (χ2n) is 7.10. The summed E-state index contributed by atoms with van der Waals surface area (Å²) in [5.74, 6) is 0.452. The first-order valence-corrected chi connectivity index (χ1v) is 8.50. The van der Waals surface area contributed by atoms with E-state index >= 15 is 0 Å². The third-order valence-corrected chi connectivity index (χ3v) is 4.06. The molecule has 1 aromatic heterocycles. The molecule has 0 saturated heterocycles. The topological polar surface area (TPSA) is 67.0 Å². The van der Waals surface area contributed by atoms with Gasteiger partial charge >= 0.3 is 6.09 Å². The molecule has 0 spiro atoms. The van der Waals surface area contributed by atoms with E-state index in [1.165, 1.54) is 12.1 Å².